The Labute approximate surface area is 153 Å². The SMILES string of the molecule is CC.COC(=O)Cn1nc(-c2ccc(F)cc2)nc1C1C=CC(C)=CC1. The minimum atomic E-state index is -0.390. The van der Waals surface area contributed by atoms with E-state index < -0.39 is 5.97 Å². The summed E-state index contributed by atoms with van der Waals surface area (Å²) in [6, 6.07) is 5.97. The number of halogens is 1. The molecule has 1 aromatic carbocycles. The number of ether oxygens (including phenoxy) is 1. The zero-order valence-electron chi connectivity index (χ0n) is 15.6. The summed E-state index contributed by atoms with van der Waals surface area (Å²) >= 11 is 0. The highest BCUT2D eigenvalue weighted by atomic mass is 19.1. The van der Waals surface area contributed by atoms with Crippen LogP contribution in [-0.2, 0) is 16.1 Å². The van der Waals surface area contributed by atoms with Crippen molar-refractivity contribution in [3.63, 3.8) is 0 Å². The van der Waals surface area contributed by atoms with Gasteiger partial charge in [-0.05, 0) is 37.6 Å². The van der Waals surface area contributed by atoms with E-state index in [4.69, 9.17) is 4.74 Å². The summed E-state index contributed by atoms with van der Waals surface area (Å²) < 4.78 is 19.4. The van der Waals surface area contributed by atoms with Crippen LogP contribution in [0.1, 0.15) is 38.9 Å². The summed E-state index contributed by atoms with van der Waals surface area (Å²) in [5.41, 5.74) is 1.90. The van der Waals surface area contributed by atoms with Gasteiger partial charge in [0.15, 0.2) is 5.82 Å². The lowest BCUT2D eigenvalue weighted by atomic mass is 9.96. The molecule has 2 aromatic rings. The quantitative estimate of drug-likeness (QED) is 0.767. The van der Waals surface area contributed by atoms with Crippen LogP contribution >= 0.6 is 0 Å². The van der Waals surface area contributed by atoms with Crippen molar-refractivity contribution in [2.24, 2.45) is 0 Å². The molecule has 1 aliphatic rings. The third kappa shape index (κ3) is 4.65. The third-order valence-corrected chi connectivity index (χ3v) is 3.93. The average Bonchev–Trinajstić information content (AvgIpc) is 3.08. The first-order valence-electron chi connectivity index (χ1n) is 8.69. The second-order valence-corrected chi connectivity index (χ2v) is 5.68. The first kappa shape index (κ1) is 19.6. The van der Waals surface area contributed by atoms with Gasteiger partial charge in [-0.25, -0.2) is 14.1 Å². The maximum absolute atomic E-state index is 13.1. The Balaban J connectivity index is 0.00000117. The molecule has 0 saturated carbocycles. The van der Waals surface area contributed by atoms with Gasteiger partial charge in [-0.15, -0.1) is 0 Å². The van der Waals surface area contributed by atoms with Crippen LogP contribution in [-0.4, -0.2) is 27.8 Å². The van der Waals surface area contributed by atoms with Crippen LogP contribution in [0.5, 0.6) is 0 Å². The molecule has 0 N–H and O–H groups in total. The van der Waals surface area contributed by atoms with Crippen molar-refractivity contribution in [2.75, 3.05) is 7.11 Å². The van der Waals surface area contributed by atoms with Crippen LogP contribution in [0, 0.1) is 5.82 Å². The van der Waals surface area contributed by atoms with E-state index in [-0.39, 0.29) is 18.3 Å². The van der Waals surface area contributed by atoms with Crippen molar-refractivity contribution < 1.29 is 13.9 Å². The lowest BCUT2D eigenvalue weighted by Crippen LogP contribution is -2.17. The van der Waals surface area contributed by atoms with Gasteiger partial charge < -0.3 is 4.74 Å². The van der Waals surface area contributed by atoms with Crippen LogP contribution in [0.3, 0.4) is 0 Å². The molecule has 0 amide bonds. The van der Waals surface area contributed by atoms with Gasteiger partial charge in [0.1, 0.15) is 18.2 Å². The predicted molar refractivity (Wildman–Crippen MR) is 99.0 cm³/mol. The van der Waals surface area contributed by atoms with E-state index in [0.717, 1.165) is 6.42 Å². The maximum atomic E-state index is 13.1. The molecular formula is C20H24FN3O2. The number of carbonyl (C=O) groups excluding carboxylic acids is 1. The molecule has 1 aromatic heterocycles. The Morgan fingerprint density at radius 1 is 1.31 bits per heavy atom. The highest BCUT2D eigenvalue weighted by molar-refractivity contribution is 5.69. The first-order valence-corrected chi connectivity index (χ1v) is 8.69. The van der Waals surface area contributed by atoms with E-state index in [9.17, 15) is 9.18 Å². The molecule has 5 nitrogen and oxygen atoms in total. The third-order valence-electron chi connectivity index (χ3n) is 3.93. The van der Waals surface area contributed by atoms with E-state index in [1.165, 1.54) is 24.8 Å². The largest absolute Gasteiger partial charge is 0.468 e. The second-order valence-electron chi connectivity index (χ2n) is 5.68. The molecule has 1 unspecified atom stereocenters. The van der Waals surface area contributed by atoms with Gasteiger partial charge in [0.2, 0.25) is 0 Å². The standard InChI is InChI=1S/C18H18FN3O2.C2H6/c1-12-3-5-14(6-4-12)18-20-17(13-7-9-15(19)10-8-13)21-22(18)11-16(23)24-2;1-2/h3-5,7-10,14H,6,11H2,1-2H3;1-2H3. The highest BCUT2D eigenvalue weighted by Gasteiger charge is 2.21. The van der Waals surface area contributed by atoms with Gasteiger partial charge in [-0.2, -0.15) is 5.10 Å². The number of allylic oxidation sites excluding steroid dienone is 4. The number of methoxy groups -OCH3 is 1. The Morgan fingerprint density at radius 2 is 2.00 bits per heavy atom. The van der Waals surface area contributed by atoms with E-state index in [2.05, 4.69) is 22.2 Å². The maximum Gasteiger partial charge on any atom is 0.327 e. The van der Waals surface area contributed by atoms with Crippen LogP contribution in [0.25, 0.3) is 11.4 Å². The number of esters is 1. The van der Waals surface area contributed by atoms with Crippen LogP contribution in [0.2, 0.25) is 0 Å². The lowest BCUT2D eigenvalue weighted by molar-refractivity contribution is -0.141. The minimum Gasteiger partial charge on any atom is -0.468 e. The molecule has 1 atom stereocenters. The smallest absolute Gasteiger partial charge is 0.327 e. The summed E-state index contributed by atoms with van der Waals surface area (Å²) in [4.78, 5) is 16.3. The van der Waals surface area contributed by atoms with Crippen LogP contribution in [0.15, 0.2) is 48.1 Å². The number of nitrogens with zero attached hydrogens (tertiary/aromatic N) is 3. The predicted octanol–water partition coefficient (Wildman–Crippen LogP) is 4.27. The number of benzene rings is 1. The Bertz CT molecular complexity index is 807. The zero-order chi connectivity index (χ0) is 19.1. The van der Waals surface area contributed by atoms with Crippen molar-refractivity contribution in [3.05, 3.63) is 59.7 Å². The number of hydrogen-bond acceptors (Lipinski definition) is 4. The van der Waals surface area contributed by atoms with Gasteiger partial charge in [-0.3, -0.25) is 4.79 Å². The number of carbonyl (C=O) groups is 1. The van der Waals surface area contributed by atoms with Crippen molar-refractivity contribution in [1.29, 1.82) is 0 Å². The second kappa shape index (κ2) is 9.08. The zero-order valence-corrected chi connectivity index (χ0v) is 15.6. The van der Waals surface area contributed by atoms with Gasteiger partial charge in [-0.1, -0.05) is 37.6 Å². The van der Waals surface area contributed by atoms with E-state index >= 15 is 0 Å². The first-order chi connectivity index (χ1) is 12.6. The Kier molecular flexibility index (Phi) is 6.83. The summed E-state index contributed by atoms with van der Waals surface area (Å²) in [6.07, 6.45) is 7.01. The minimum absolute atomic E-state index is 0.00688. The summed E-state index contributed by atoms with van der Waals surface area (Å²) in [6.45, 7) is 6.03. The fourth-order valence-corrected chi connectivity index (χ4v) is 2.57. The molecule has 0 saturated heterocycles. The van der Waals surface area contributed by atoms with Crippen LogP contribution in [0.4, 0.5) is 4.39 Å². The molecule has 3 rings (SSSR count). The molecular weight excluding hydrogens is 333 g/mol. The van der Waals surface area contributed by atoms with E-state index in [1.807, 2.05) is 26.8 Å². The molecule has 0 radical (unpaired) electrons. The molecule has 0 bridgehead atoms. The Morgan fingerprint density at radius 3 is 2.58 bits per heavy atom. The summed E-state index contributed by atoms with van der Waals surface area (Å²) in [5, 5.41) is 4.42. The molecule has 6 heteroatoms. The van der Waals surface area contributed by atoms with Crippen molar-refractivity contribution >= 4 is 5.97 Å². The van der Waals surface area contributed by atoms with Crippen molar-refractivity contribution in [3.8, 4) is 11.4 Å². The molecule has 0 fully saturated rings. The van der Waals surface area contributed by atoms with Gasteiger partial charge >= 0.3 is 5.97 Å². The van der Waals surface area contributed by atoms with Gasteiger partial charge in [0.25, 0.3) is 0 Å². The van der Waals surface area contributed by atoms with Gasteiger partial charge in [0.05, 0.1) is 7.11 Å². The van der Waals surface area contributed by atoms with Crippen molar-refractivity contribution in [2.45, 2.75) is 39.7 Å². The Hall–Kier alpha value is -2.76. The van der Waals surface area contributed by atoms with Gasteiger partial charge in [0, 0.05) is 11.5 Å². The van der Waals surface area contributed by atoms with Crippen molar-refractivity contribution in [1.82, 2.24) is 14.8 Å². The molecule has 138 valence electrons. The molecule has 0 aliphatic heterocycles. The topological polar surface area (TPSA) is 57.0 Å². The monoisotopic (exact) mass is 357 g/mol. The normalized spacial score (nSPS) is 15.7. The number of aromatic nitrogens is 3. The van der Waals surface area contributed by atoms with E-state index in [1.54, 1.807) is 16.8 Å². The molecule has 26 heavy (non-hydrogen) atoms. The summed E-state index contributed by atoms with van der Waals surface area (Å²) in [5.74, 6) is 0.496. The van der Waals surface area contributed by atoms with Crippen LogP contribution < -0.4 is 0 Å². The molecule has 1 aliphatic carbocycles. The molecule has 1 heterocycles. The lowest BCUT2D eigenvalue weighted by Gasteiger charge is -2.14. The molecule has 0 spiro atoms. The fourth-order valence-electron chi connectivity index (χ4n) is 2.57. The number of hydrogen-bond donors (Lipinski definition) is 0. The fraction of sp³-hybridized carbons (Fsp3) is 0.350. The average molecular weight is 357 g/mol. The summed E-state index contributed by atoms with van der Waals surface area (Å²) in [7, 11) is 1.34. The van der Waals surface area contributed by atoms with E-state index in [0.29, 0.717) is 17.2 Å². The number of rotatable bonds is 4. The highest BCUT2D eigenvalue weighted by Crippen LogP contribution is 2.27.